The maximum atomic E-state index is 12.1. The van der Waals surface area contributed by atoms with Gasteiger partial charge in [-0.1, -0.05) is 30.3 Å². The molecule has 0 bridgehead atoms. The summed E-state index contributed by atoms with van der Waals surface area (Å²) in [4.78, 5) is 2.32. The molecule has 1 saturated heterocycles. The van der Waals surface area contributed by atoms with Crippen LogP contribution >= 0.6 is 0 Å². The molecule has 3 rings (SSSR count). The molecule has 0 saturated carbocycles. The van der Waals surface area contributed by atoms with Crippen LogP contribution in [0.25, 0.3) is 0 Å². The fourth-order valence-electron chi connectivity index (χ4n) is 3.29. The highest BCUT2D eigenvalue weighted by atomic mass is 32.2. The van der Waals surface area contributed by atoms with E-state index in [2.05, 4.69) is 4.90 Å². The van der Waals surface area contributed by atoms with E-state index in [1.807, 2.05) is 42.5 Å². The van der Waals surface area contributed by atoms with E-state index < -0.39 is 10.0 Å². The number of nitrogens with zero attached hydrogens (tertiary/aromatic N) is 2. The Hall–Kier alpha value is -1.63. The molecule has 1 aliphatic rings. The van der Waals surface area contributed by atoms with Crippen molar-refractivity contribution < 1.29 is 12.8 Å². The van der Waals surface area contributed by atoms with E-state index >= 15 is 0 Å². The molecule has 1 aromatic heterocycles. The Morgan fingerprint density at radius 3 is 2.67 bits per heavy atom. The maximum Gasteiger partial charge on any atom is 0.211 e. The van der Waals surface area contributed by atoms with Crippen molar-refractivity contribution in [2.75, 3.05) is 25.9 Å². The summed E-state index contributed by atoms with van der Waals surface area (Å²) < 4.78 is 31.4. The molecule has 130 valence electrons. The van der Waals surface area contributed by atoms with E-state index in [9.17, 15) is 8.42 Å². The molecule has 0 N–H and O–H groups in total. The van der Waals surface area contributed by atoms with Crippen molar-refractivity contribution in [3.8, 4) is 0 Å². The smallest absolute Gasteiger partial charge is 0.211 e. The lowest BCUT2D eigenvalue weighted by Crippen LogP contribution is -2.37. The Bertz CT molecular complexity index is 729. The van der Waals surface area contributed by atoms with Gasteiger partial charge in [-0.05, 0) is 37.1 Å². The molecule has 0 spiro atoms. The van der Waals surface area contributed by atoms with Gasteiger partial charge in [0.1, 0.15) is 5.76 Å². The van der Waals surface area contributed by atoms with Gasteiger partial charge in [0, 0.05) is 19.6 Å². The Balaban J connectivity index is 1.65. The largest absolute Gasteiger partial charge is 0.468 e. The third kappa shape index (κ3) is 4.26. The SMILES string of the molecule is CS(=O)(=O)N(CCN1CCC[C@H]1c1ccco1)Cc1ccccc1. The molecule has 1 atom stereocenters. The first-order valence-corrected chi connectivity index (χ1v) is 10.2. The molecular formula is C18H24N2O3S. The van der Waals surface area contributed by atoms with Crippen molar-refractivity contribution in [1.29, 1.82) is 0 Å². The number of rotatable bonds is 7. The van der Waals surface area contributed by atoms with Gasteiger partial charge in [0.15, 0.2) is 0 Å². The van der Waals surface area contributed by atoms with Gasteiger partial charge in [0.2, 0.25) is 10.0 Å². The summed E-state index contributed by atoms with van der Waals surface area (Å²) in [5.74, 6) is 0.974. The average molecular weight is 348 g/mol. The lowest BCUT2D eigenvalue weighted by Gasteiger charge is -2.27. The summed E-state index contributed by atoms with van der Waals surface area (Å²) in [5.41, 5.74) is 1.01. The number of hydrogen-bond donors (Lipinski definition) is 0. The van der Waals surface area contributed by atoms with Crippen LogP contribution in [0.1, 0.15) is 30.2 Å². The van der Waals surface area contributed by atoms with Gasteiger partial charge in [-0.2, -0.15) is 4.31 Å². The second-order valence-corrected chi connectivity index (χ2v) is 8.27. The van der Waals surface area contributed by atoms with Crippen LogP contribution in [0.2, 0.25) is 0 Å². The fourth-order valence-corrected chi connectivity index (χ4v) is 4.08. The van der Waals surface area contributed by atoms with E-state index in [-0.39, 0.29) is 6.04 Å². The topological polar surface area (TPSA) is 53.8 Å². The molecule has 2 heterocycles. The molecule has 0 amide bonds. The zero-order valence-electron chi connectivity index (χ0n) is 14.0. The minimum atomic E-state index is -3.24. The molecule has 1 aromatic carbocycles. The van der Waals surface area contributed by atoms with Crippen molar-refractivity contribution in [3.05, 3.63) is 60.1 Å². The summed E-state index contributed by atoms with van der Waals surface area (Å²) in [5, 5.41) is 0. The van der Waals surface area contributed by atoms with Crippen LogP contribution in [-0.4, -0.2) is 43.5 Å². The standard InChI is InChI=1S/C18H24N2O3S/c1-24(21,22)20(15-16-7-3-2-4-8-16)13-12-19-11-5-9-17(19)18-10-6-14-23-18/h2-4,6-8,10,14,17H,5,9,11-13,15H2,1H3/t17-/m0/s1. The molecule has 1 fully saturated rings. The van der Waals surface area contributed by atoms with E-state index in [0.717, 1.165) is 30.7 Å². The van der Waals surface area contributed by atoms with Crippen LogP contribution in [0.3, 0.4) is 0 Å². The summed E-state index contributed by atoms with van der Waals surface area (Å²) in [6.07, 6.45) is 5.15. The normalized spacial score (nSPS) is 19.2. The minimum absolute atomic E-state index is 0.262. The van der Waals surface area contributed by atoms with Crippen LogP contribution < -0.4 is 0 Å². The van der Waals surface area contributed by atoms with Crippen molar-refractivity contribution in [2.45, 2.75) is 25.4 Å². The maximum absolute atomic E-state index is 12.1. The van der Waals surface area contributed by atoms with Crippen molar-refractivity contribution in [3.63, 3.8) is 0 Å². The first-order valence-electron chi connectivity index (χ1n) is 8.30. The molecule has 5 nitrogen and oxygen atoms in total. The van der Waals surface area contributed by atoms with Gasteiger partial charge in [-0.3, -0.25) is 4.90 Å². The predicted octanol–water partition coefficient (Wildman–Crippen LogP) is 2.88. The zero-order chi connectivity index (χ0) is 17.0. The minimum Gasteiger partial charge on any atom is -0.468 e. The lowest BCUT2D eigenvalue weighted by atomic mass is 10.1. The molecule has 0 radical (unpaired) electrons. The van der Waals surface area contributed by atoms with Gasteiger partial charge in [-0.25, -0.2) is 8.42 Å². The van der Waals surface area contributed by atoms with Crippen LogP contribution in [0.4, 0.5) is 0 Å². The van der Waals surface area contributed by atoms with Crippen LogP contribution in [0.5, 0.6) is 0 Å². The van der Waals surface area contributed by atoms with E-state index in [4.69, 9.17) is 4.42 Å². The van der Waals surface area contributed by atoms with Gasteiger partial charge in [0.05, 0.1) is 18.6 Å². The van der Waals surface area contributed by atoms with Crippen molar-refractivity contribution >= 4 is 10.0 Å². The Labute approximate surface area is 143 Å². The first-order chi connectivity index (χ1) is 11.5. The second kappa shape index (κ2) is 7.51. The molecule has 2 aromatic rings. The number of sulfonamides is 1. The van der Waals surface area contributed by atoms with Crippen LogP contribution in [0, 0.1) is 0 Å². The van der Waals surface area contributed by atoms with E-state index in [0.29, 0.717) is 19.6 Å². The second-order valence-electron chi connectivity index (χ2n) is 6.29. The molecule has 24 heavy (non-hydrogen) atoms. The fraction of sp³-hybridized carbons (Fsp3) is 0.444. The molecule has 6 heteroatoms. The molecule has 0 unspecified atom stereocenters. The van der Waals surface area contributed by atoms with Crippen molar-refractivity contribution in [2.24, 2.45) is 0 Å². The highest BCUT2D eigenvalue weighted by molar-refractivity contribution is 7.88. The summed E-state index contributed by atoms with van der Waals surface area (Å²) in [6.45, 7) is 2.60. The van der Waals surface area contributed by atoms with Gasteiger partial charge in [-0.15, -0.1) is 0 Å². The third-order valence-electron chi connectivity index (χ3n) is 4.54. The Kier molecular flexibility index (Phi) is 5.38. The lowest BCUT2D eigenvalue weighted by molar-refractivity contribution is 0.211. The Morgan fingerprint density at radius 2 is 2.00 bits per heavy atom. The molecular weight excluding hydrogens is 324 g/mol. The van der Waals surface area contributed by atoms with Gasteiger partial charge < -0.3 is 4.42 Å². The average Bonchev–Trinajstić information content (AvgIpc) is 3.22. The van der Waals surface area contributed by atoms with Crippen LogP contribution in [-0.2, 0) is 16.6 Å². The number of benzene rings is 1. The highest BCUT2D eigenvalue weighted by Crippen LogP contribution is 2.31. The molecule has 1 aliphatic heterocycles. The first kappa shape index (κ1) is 17.2. The number of hydrogen-bond acceptors (Lipinski definition) is 4. The van der Waals surface area contributed by atoms with Gasteiger partial charge >= 0.3 is 0 Å². The predicted molar refractivity (Wildman–Crippen MR) is 94.0 cm³/mol. The highest BCUT2D eigenvalue weighted by Gasteiger charge is 2.29. The zero-order valence-corrected chi connectivity index (χ0v) is 14.8. The van der Waals surface area contributed by atoms with Gasteiger partial charge in [0.25, 0.3) is 0 Å². The van der Waals surface area contributed by atoms with Crippen molar-refractivity contribution in [1.82, 2.24) is 9.21 Å². The number of likely N-dealkylation sites (tertiary alicyclic amines) is 1. The monoisotopic (exact) mass is 348 g/mol. The Morgan fingerprint density at radius 1 is 1.21 bits per heavy atom. The summed E-state index contributed by atoms with van der Waals surface area (Å²) in [6, 6.07) is 13.9. The quantitative estimate of drug-likeness (QED) is 0.772. The van der Waals surface area contributed by atoms with E-state index in [1.165, 1.54) is 6.26 Å². The number of furan rings is 1. The third-order valence-corrected chi connectivity index (χ3v) is 5.79. The molecule has 0 aliphatic carbocycles. The summed E-state index contributed by atoms with van der Waals surface area (Å²) in [7, 11) is -3.24. The van der Waals surface area contributed by atoms with Crippen LogP contribution in [0.15, 0.2) is 53.1 Å². The summed E-state index contributed by atoms with van der Waals surface area (Å²) >= 11 is 0. The van der Waals surface area contributed by atoms with E-state index in [1.54, 1.807) is 10.6 Å².